The molecule has 0 aliphatic carbocycles. The molecule has 3 rings (SSSR count). The molecule has 0 spiro atoms. The molecule has 0 saturated carbocycles. The third-order valence-corrected chi connectivity index (χ3v) is 4.36. The summed E-state index contributed by atoms with van der Waals surface area (Å²) in [7, 11) is 0. The number of carbonyl (C=O) groups excluding carboxylic acids is 2. The SMILES string of the molecule is O=C(CCc1ccc(C(=O)O)cc1)Nc1cccc(N2CCCNC2=O)c1. The Kier molecular flexibility index (Phi) is 5.71. The Labute approximate surface area is 157 Å². The van der Waals surface area contributed by atoms with Crippen molar-refractivity contribution in [2.75, 3.05) is 23.3 Å². The van der Waals surface area contributed by atoms with Gasteiger partial charge in [0.2, 0.25) is 5.91 Å². The molecule has 1 aliphatic heterocycles. The van der Waals surface area contributed by atoms with Gasteiger partial charge < -0.3 is 15.7 Å². The number of aromatic carboxylic acids is 1. The molecule has 1 aliphatic rings. The zero-order chi connectivity index (χ0) is 19.2. The zero-order valence-electron chi connectivity index (χ0n) is 14.8. The number of carbonyl (C=O) groups is 3. The van der Waals surface area contributed by atoms with Crippen LogP contribution in [0.15, 0.2) is 48.5 Å². The predicted molar refractivity (Wildman–Crippen MR) is 102 cm³/mol. The van der Waals surface area contributed by atoms with Gasteiger partial charge in [-0.25, -0.2) is 9.59 Å². The van der Waals surface area contributed by atoms with Crippen molar-refractivity contribution >= 4 is 29.3 Å². The van der Waals surface area contributed by atoms with Crippen LogP contribution in [0.2, 0.25) is 0 Å². The lowest BCUT2D eigenvalue weighted by Crippen LogP contribution is -2.46. The van der Waals surface area contributed by atoms with E-state index in [1.54, 1.807) is 35.2 Å². The van der Waals surface area contributed by atoms with Crippen LogP contribution in [-0.4, -0.2) is 36.1 Å². The van der Waals surface area contributed by atoms with Crippen LogP contribution in [0.4, 0.5) is 16.2 Å². The summed E-state index contributed by atoms with van der Waals surface area (Å²) in [5.41, 5.74) is 2.50. The highest BCUT2D eigenvalue weighted by atomic mass is 16.4. The predicted octanol–water partition coefficient (Wildman–Crippen LogP) is 2.88. The van der Waals surface area contributed by atoms with Crippen LogP contribution < -0.4 is 15.5 Å². The number of anilines is 2. The number of benzene rings is 2. The Hall–Kier alpha value is -3.35. The van der Waals surface area contributed by atoms with E-state index in [0.717, 1.165) is 17.7 Å². The van der Waals surface area contributed by atoms with Crippen LogP contribution >= 0.6 is 0 Å². The van der Waals surface area contributed by atoms with Gasteiger partial charge in [0.1, 0.15) is 0 Å². The number of amides is 3. The van der Waals surface area contributed by atoms with Crippen molar-refractivity contribution in [2.45, 2.75) is 19.3 Å². The largest absolute Gasteiger partial charge is 0.478 e. The maximum Gasteiger partial charge on any atom is 0.335 e. The van der Waals surface area contributed by atoms with Gasteiger partial charge >= 0.3 is 12.0 Å². The molecular formula is C20H21N3O4. The van der Waals surface area contributed by atoms with Crippen molar-refractivity contribution in [3.63, 3.8) is 0 Å². The Morgan fingerprint density at radius 1 is 1.15 bits per heavy atom. The number of urea groups is 1. The molecule has 27 heavy (non-hydrogen) atoms. The van der Waals surface area contributed by atoms with Gasteiger partial charge in [0.25, 0.3) is 0 Å². The molecular weight excluding hydrogens is 346 g/mol. The summed E-state index contributed by atoms with van der Waals surface area (Å²) in [5.74, 6) is -1.11. The van der Waals surface area contributed by atoms with E-state index < -0.39 is 5.97 Å². The van der Waals surface area contributed by atoms with Gasteiger partial charge in [0, 0.05) is 30.9 Å². The summed E-state index contributed by atoms with van der Waals surface area (Å²) in [5, 5.41) is 14.5. The van der Waals surface area contributed by atoms with E-state index in [9.17, 15) is 14.4 Å². The van der Waals surface area contributed by atoms with E-state index in [4.69, 9.17) is 5.11 Å². The van der Waals surface area contributed by atoms with Crippen LogP contribution in [0, 0.1) is 0 Å². The van der Waals surface area contributed by atoms with Gasteiger partial charge in [-0.1, -0.05) is 18.2 Å². The lowest BCUT2D eigenvalue weighted by atomic mass is 10.1. The highest BCUT2D eigenvalue weighted by molar-refractivity contribution is 5.95. The summed E-state index contributed by atoms with van der Waals surface area (Å²) in [4.78, 5) is 36.7. The number of hydrogen-bond acceptors (Lipinski definition) is 3. The van der Waals surface area contributed by atoms with Crippen molar-refractivity contribution in [3.05, 3.63) is 59.7 Å². The van der Waals surface area contributed by atoms with E-state index in [1.165, 1.54) is 12.1 Å². The first kappa shape index (κ1) is 18.4. The lowest BCUT2D eigenvalue weighted by Gasteiger charge is -2.27. The molecule has 3 N–H and O–H groups in total. The Bertz CT molecular complexity index is 849. The minimum absolute atomic E-state index is 0.130. The van der Waals surface area contributed by atoms with E-state index >= 15 is 0 Å². The molecule has 0 aromatic heterocycles. The second kappa shape index (κ2) is 8.35. The fourth-order valence-corrected chi connectivity index (χ4v) is 2.92. The first-order valence-electron chi connectivity index (χ1n) is 8.80. The average Bonchev–Trinajstić information content (AvgIpc) is 2.67. The smallest absolute Gasteiger partial charge is 0.335 e. The summed E-state index contributed by atoms with van der Waals surface area (Å²) >= 11 is 0. The Morgan fingerprint density at radius 3 is 2.63 bits per heavy atom. The second-order valence-corrected chi connectivity index (χ2v) is 6.34. The monoisotopic (exact) mass is 367 g/mol. The number of rotatable bonds is 6. The molecule has 7 nitrogen and oxygen atoms in total. The standard InChI is InChI=1S/C20H21N3O4/c24-18(10-7-14-5-8-15(9-6-14)19(25)26)22-16-3-1-4-17(13-16)23-12-2-11-21-20(23)27/h1,3-6,8-9,13H,2,7,10-12H2,(H,21,27)(H,22,24)(H,25,26). The normalized spacial score (nSPS) is 13.8. The van der Waals surface area contributed by atoms with Gasteiger partial charge in [-0.3, -0.25) is 9.69 Å². The third-order valence-electron chi connectivity index (χ3n) is 4.36. The van der Waals surface area contributed by atoms with Crippen molar-refractivity contribution in [1.29, 1.82) is 0 Å². The zero-order valence-corrected chi connectivity index (χ0v) is 14.8. The maximum atomic E-state index is 12.2. The van der Waals surface area contributed by atoms with Crippen molar-refractivity contribution < 1.29 is 19.5 Å². The Morgan fingerprint density at radius 2 is 1.93 bits per heavy atom. The number of aryl methyl sites for hydroxylation is 1. The molecule has 2 aromatic rings. The minimum Gasteiger partial charge on any atom is -0.478 e. The van der Waals surface area contributed by atoms with Gasteiger partial charge in [-0.05, 0) is 48.7 Å². The molecule has 1 saturated heterocycles. The van der Waals surface area contributed by atoms with Gasteiger partial charge in [-0.2, -0.15) is 0 Å². The Balaban J connectivity index is 1.57. The third kappa shape index (κ3) is 4.84. The van der Waals surface area contributed by atoms with Crippen molar-refractivity contribution in [3.8, 4) is 0 Å². The average molecular weight is 367 g/mol. The molecule has 2 aromatic carbocycles. The second-order valence-electron chi connectivity index (χ2n) is 6.34. The van der Waals surface area contributed by atoms with Crippen molar-refractivity contribution in [1.82, 2.24) is 5.32 Å². The highest BCUT2D eigenvalue weighted by Crippen LogP contribution is 2.21. The number of hydrogen-bond donors (Lipinski definition) is 3. The number of nitrogens with zero attached hydrogens (tertiary/aromatic N) is 1. The topological polar surface area (TPSA) is 98.7 Å². The summed E-state index contributed by atoms with van der Waals surface area (Å²) in [6.45, 7) is 1.33. The number of carboxylic acid groups (broad SMARTS) is 1. The van der Waals surface area contributed by atoms with Crippen LogP contribution in [0.3, 0.4) is 0 Å². The highest BCUT2D eigenvalue weighted by Gasteiger charge is 2.19. The quantitative estimate of drug-likeness (QED) is 0.731. The fourth-order valence-electron chi connectivity index (χ4n) is 2.92. The molecule has 0 atom stereocenters. The number of carboxylic acids is 1. The minimum atomic E-state index is -0.971. The van der Waals surface area contributed by atoms with Crippen LogP contribution in [0.25, 0.3) is 0 Å². The fraction of sp³-hybridized carbons (Fsp3) is 0.250. The lowest BCUT2D eigenvalue weighted by molar-refractivity contribution is -0.116. The van der Waals surface area contributed by atoms with Gasteiger partial charge in [0.15, 0.2) is 0 Å². The molecule has 1 fully saturated rings. The van der Waals surface area contributed by atoms with E-state index in [2.05, 4.69) is 10.6 Å². The van der Waals surface area contributed by atoms with Gasteiger partial charge in [-0.15, -0.1) is 0 Å². The first-order chi connectivity index (χ1) is 13.0. The molecule has 1 heterocycles. The molecule has 0 radical (unpaired) electrons. The number of nitrogens with one attached hydrogen (secondary N) is 2. The summed E-state index contributed by atoms with van der Waals surface area (Å²) < 4.78 is 0. The van der Waals surface area contributed by atoms with Crippen LogP contribution in [0.1, 0.15) is 28.8 Å². The van der Waals surface area contributed by atoms with E-state index in [1.807, 2.05) is 6.07 Å². The van der Waals surface area contributed by atoms with Gasteiger partial charge in [0.05, 0.1) is 5.56 Å². The maximum absolute atomic E-state index is 12.2. The molecule has 7 heteroatoms. The molecule has 0 unspecified atom stereocenters. The summed E-state index contributed by atoms with van der Waals surface area (Å²) in [6.07, 6.45) is 1.67. The summed E-state index contributed by atoms with van der Waals surface area (Å²) in [6, 6.07) is 13.6. The first-order valence-corrected chi connectivity index (χ1v) is 8.80. The van der Waals surface area contributed by atoms with Crippen LogP contribution in [-0.2, 0) is 11.2 Å². The molecule has 3 amide bonds. The van der Waals surface area contributed by atoms with Crippen molar-refractivity contribution in [2.24, 2.45) is 0 Å². The van der Waals surface area contributed by atoms with Crippen LogP contribution in [0.5, 0.6) is 0 Å². The van der Waals surface area contributed by atoms with E-state index in [0.29, 0.717) is 25.2 Å². The molecule has 140 valence electrons. The van der Waals surface area contributed by atoms with E-state index in [-0.39, 0.29) is 23.9 Å². The molecule has 0 bridgehead atoms.